The van der Waals surface area contributed by atoms with Gasteiger partial charge in [-0.3, -0.25) is 0 Å². The molecule has 0 aromatic carbocycles. The lowest BCUT2D eigenvalue weighted by Crippen LogP contribution is -2.39. The lowest BCUT2D eigenvalue weighted by Gasteiger charge is -2.21. The smallest absolute Gasteiger partial charge is 0.0693 e. The van der Waals surface area contributed by atoms with Gasteiger partial charge in [-0.25, -0.2) is 0 Å². The third kappa shape index (κ3) is 2.29. The van der Waals surface area contributed by atoms with E-state index in [0.29, 0.717) is 6.04 Å². The van der Waals surface area contributed by atoms with Crippen LogP contribution in [0, 0.1) is 11.8 Å². The van der Waals surface area contributed by atoms with Crippen molar-refractivity contribution in [1.82, 2.24) is 5.32 Å². The van der Waals surface area contributed by atoms with Crippen LogP contribution in [0.2, 0.25) is 0 Å². The second-order valence-electron chi connectivity index (χ2n) is 5.18. The molecule has 14 heavy (non-hydrogen) atoms. The Hall–Kier alpha value is -0.0800. The van der Waals surface area contributed by atoms with Crippen molar-refractivity contribution in [3.63, 3.8) is 0 Å². The van der Waals surface area contributed by atoms with Gasteiger partial charge in [0.2, 0.25) is 0 Å². The van der Waals surface area contributed by atoms with Crippen LogP contribution in [0.5, 0.6) is 0 Å². The van der Waals surface area contributed by atoms with Crippen molar-refractivity contribution >= 4 is 0 Å². The van der Waals surface area contributed by atoms with E-state index in [1.807, 2.05) is 0 Å². The van der Waals surface area contributed by atoms with Crippen molar-refractivity contribution in [2.24, 2.45) is 11.8 Å². The zero-order valence-electron chi connectivity index (χ0n) is 9.21. The Kier molecular flexibility index (Phi) is 3.45. The maximum atomic E-state index is 9.67. The third-order valence-corrected chi connectivity index (χ3v) is 4.16. The van der Waals surface area contributed by atoms with Gasteiger partial charge in [0.1, 0.15) is 0 Å². The molecule has 0 amide bonds. The van der Waals surface area contributed by atoms with E-state index >= 15 is 0 Å². The van der Waals surface area contributed by atoms with Crippen LogP contribution in [0.4, 0.5) is 0 Å². The largest absolute Gasteiger partial charge is 0.392 e. The first-order valence-corrected chi connectivity index (χ1v) is 6.19. The Morgan fingerprint density at radius 3 is 2.50 bits per heavy atom. The molecule has 4 atom stereocenters. The minimum absolute atomic E-state index is 0.0771. The number of rotatable bonds is 3. The fourth-order valence-electron chi connectivity index (χ4n) is 3.01. The highest BCUT2D eigenvalue weighted by Gasteiger charge is 2.28. The van der Waals surface area contributed by atoms with Crippen LogP contribution < -0.4 is 5.32 Å². The van der Waals surface area contributed by atoms with Crippen LogP contribution in [0.15, 0.2) is 0 Å². The number of nitrogens with one attached hydrogen (secondary N) is 1. The second kappa shape index (κ2) is 4.63. The van der Waals surface area contributed by atoms with E-state index in [0.717, 1.165) is 24.8 Å². The van der Waals surface area contributed by atoms with Gasteiger partial charge < -0.3 is 10.4 Å². The minimum atomic E-state index is -0.0771. The average molecular weight is 197 g/mol. The van der Waals surface area contributed by atoms with Crippen LogP contribution in [-0.4, -0.2) is 23.8 Å². The molecule has 0 aliphatic heterocycles. The summed E-state index contributed by atoms with van der Waals surface area (Å²) in [6.45, 7) is 3.49. The van der Waals surface area contributed by atoms with E-state index in [1.165, 1.54) is 32.1 Å². The molecule has 2 aliphatic carbocycles. The fraction of sp³-hybridized carbons (Fsp3) is 1.00. The van der Waals surface area contributed by atoms with Gasteiger partial charge >= 0.3 is 0 Å². The molecule has 2 saturated carbocycles. The van der Waals surface area contributed by atoms with Gasteiger partial charge in [-0.15, -0.1) is 0 Å². The zero-order valence-corrected chi connectivity index (χ0v) is 9.21. The van der Waals surface area contributed by atoms with Gasteiger partial charge in [-0.1, -0.05) is 19.8 Å². The molecular formula is C12H23NO. The molecule has 2 unspecified atom stereocenters. The lowest BCUT2D eigenvalue weighted by molar-refractivity contribution is 0.145. The van der Waals surface area contributed by atoms with Crippen molar-refractivity contribution in [2.75, 3.05) is 6.54 Å². The Morgan fingerprint density at radius 1 is 1.14 bits per heavy atom. The van der Waals surface area contributed by atoms with E-state index in [1.54, 1.807) is 0 Å². The molecule has 0 aromatic heterocycles. The van der Waals surface area contributed by atoms with Gasteiger partial charge in [0.25, 0.3) is 0 Å². The van der Waals surface area contributed by atoms with Crippen molar-refractivity contribution in [3.05, 3.63) is 0 Å². The molecule has 0 spiro atoms. The van der Waals surface area contributed by atoms with Crippen molar-refractivity contribution in [2.45, 2.75) is 57.6 Å². The first kappa shape index (κ1) is 10.4. The molecule has 2 N–H and O–H groups in total. The van der Waals surface area contributed by atoms with Gasteiger partial charge in [0.05, 0.1) is 6.10 Å². The molecule has 0 radical (unpaired) electrons. The monoisotopic (exact) mass is 197 g/mol. The Bertz CT molecular complexity index is 163. The number of hydrogen-bond donors (Lipinski definition) is 2. The van der Waals surface area contributed by atoms with Crippen LogP contribution in [0.1, 0.15) is 45.4 Å². The van der Waals surface area contributed by atoms with Gasteiger partial charge in [-0.2, -0.15) is 0 Å². The van der Waals surface area contributed by atoms with E-state index in [-0.39, 0.29) is 6.10 Å². The molecule has 0 saturated heterocycles. The van der Waals surface area contributed by atoms with Crippen LogP contribution >= 0.6 is 0 Å². The van der Waals surface area contributed by atoms with Gasteiger partial charge in [0, 0.05) is 6.04 Å². The summed E-state index contributed by atoms with van der Waals surface area (Å²) in [6, 6.07) is 0.391. The molecule has 2 heteroatoms. The minimum Gasteiger partial charge on any atom is -0.392 e. The topological polar surface area (TPSA) is 32.3 Å². The van der Waals surface area contributed by atoms with E-state index in [2.05, 4.69) is 12.2 Å². The first-order chi connectivity index (χ1) is 6.77. The highest BCUT2D eigenvalue weighted by molar-refractivity contribution is 4.85. The quantitative estimate of drug-likeness (QED) is 0.724. The van der Waals surface area contributed by atoms with Crippen molar-refractivity contribution in [1.29, 1.82) is 0 Å². The summed E-state index contributed by atoms with van der Waals surface area (Å²) in [6.07, 6.45) is 7.47. The van der Waals surface area contributed by atoms with Crippen molar-refractivity contribution in [3.8, 4) is 0 Å². The highest BCUT2D eigenvalue weighted by Crippen LogP contribution is 2.31. The van der Waals surface area contributed by atoms with E-state index in [9.17, 15) is 5.11 Å². The molecule has 2 nitrogen and oxygen atoms in total. The normalized spacial score (nSPS) is 43.3. The maximum absolute atomic E-state index is 9.67. The van der Waals surface area contributed by atoms with E-state index in [4.69, 9.17) is 0 Å². The SMILES string of the molecule is CC1CCCC1CN[C@@H]1CCC[C@H]1O. The summed E-state index contributed by atoms with van der Waals surface area (Å²) in [4.78, 5) is 0. The molecule has 2 fully saturated rings. The average Bonchev–Trinajstić information content (AvgIpc) is 2.72. The Balaban J connectivity index is 1.71. The Morgan fingerprint density at radius 2 is 1.93 bits per heavy atom. The second-order valence-corrected chi connectivity index (χ2v) is 5.18. The van der Waals surface area contributed by atoms with Gasteiger partial charge in [0.15, 0.2) is 0 Å². The number of aliphatic hydroxyl groups excluding tert-OH is 1. The Labute approximate surface area is 87.1 Å². The molecule has 2 rings (SSSR count). The molecular weight excluding hydrogens is 174 g/mol. The number of hydrogen-bond acceptors (Lipinski definition) is 2. The molecule has 0 bridgehead atoms. The molecule has 82 valence electrons. The van der Waals surface area contributed by atoms with Crippen LogP contribution in [0.25, 0.3) is 0 Å². The van der Waals surface area contributed by atoms with E-state index < -0.39 is 0 Å². The summed E-state index contributed by atoms with van der Waals surface area (Å²) in [5, 5.41) is 13.2. The standard InChI is InChI=1S/C12H23NO/c1-9-4-2-5-10(9)8-13-11-6-3-7-12(11)14/h9-14H,2-8H2,1H3/t9?,10?,11-,12-/m1/s1. The predicted octanol–water partition coefficient (Wildman–Crippen LogP) is 1.93. The van der Waals surface area contributed by atoms with Crippen molar-refractivity contribution < 1.29 is 5.11 Å². The molecule has 2 aliphatic rings. The van der Waals surface area contributed by atoms with Crippen LogP contribution in [0.3, 0.4) is 0 Å². The third-order valence-electron chi connectivity index (χ3n) is 4.16. The maximum Gasteiger partial charge on any atom is 0.0693 e. The first-order valence-electron chi connectivity index (χ1n) is 6.19. The summed E-state index contributed by atoms with van der Waals surface area (Å²) >= 11 is 0. The predicted molar refractivity (Wildman–Crippen MR) is 58.2 cm³/mol. The van der Waals surface area contributed by atoms with Crippen LogP contribution in [-0.2, 0) is 0 Å². The molecule has 0 aromatic rings. The summed E-state index contributed by atoms with van der Waals surface area (Å²) in [5.41, 5.74) is 0. The lowest BCUT2D eigenvalue weighted by atomic mass is 9.98. The zero-order chi connectivity index (χ0) is 9.97. The fourth-order valence-corrected chi connectivity index (χ4v) is 3.01. The summed E-state index contributed by atoms with van der Waals surface area (Å²) in [5.74, 6) is 1.75. The summed E-state index contributed by atoms with van der Waals surface area (Å²) < 4.78 is 0. The summed E-state index contributed by atoms with van der Waals surface area (Å²) in [7, 11) is 0. The van der Waals surface area contributed by atoms with Gasteiger partial charge in [-0.05, 0) is 44.1 Å². The number of aliphatic hydroxyl groups is 1. The highest BCUT2D eigenvalue weighted by atomic mass is 16.3. The molecule has 0 heterocycles.